The molecule has 17 heavy (non-hydrogen) atoms. The second-order valence-electron chi connectivity index (χ2n) is 4.90. The zero-order valence-electron chi connectivity index (χ0n) is 10.4. The number of aromatic nitrogens is 2. The Labute approximate surface area is 111 Å². The molecule has 0 unspecified atom stereocenters. The van der Waals surface area contributed by atoms with E-state index in [0.29, 0.717) is 5.95 Å². The predicted octanol–water partition coefficient (Wildman–Crippen LogP) is 2.53. The Hall–Kier alpha value is -0.680. The first-order valence-electron chi connectivity index (χ1n) is 6.01. The SMILES string of the molecule is CN(C)C1(CNc2ncc(Br)cn2)CCCC1. The van der Waals surface area contributed by atoms with Gasteiger partial charge in [-0.2, -0.15) is 0 Å². The monoisotopic (exact) mass is 298 g/mol. The maximum Gasteiger partial charge on any atom is 0.222 e. The minimum atomic E-state index is 0.274. The lowest BCUT2D eigenvalue weighted by Crippen LogP contribution is -2.47. The lowest BCUT2D eigenvalue weighted by atomic mass is 9.96. The smallest absolute Gasteiger partial charge is 0.222 e. The quantitative estimate of drug-likeness (QED) is 0.927. The van der Waals surface area contributed by atoms with Gasteiger partial charge in [-0.3, -0.25) is 0 Å². The predicted molar refractivity (Wildman–Crippen MR) is 73.1 cm³/mol. The molecule has 1 N–H and O–H groups in total. The van der Waals surface area contributed by atoms with Crippen LogP contribution in [0, 0.1) is 0 Å². The summed E-state index contributed by atoms with van der Waals surface area (Å²) >= 11 is 3.34. The lowest BCUT2D eigenvalue weighted by Gasteiger charge is -2.36. The van der Waals surface area contributed by atoms with Crippen molar-refractivity contribution in [3.05, 3.63) is 16.9 Å². The van der Waals surface area contributed by atoms with Crippen molar-refractivity contribution in [2.75, 3.05) is 26.0 Å². The van der Waals surface area contributed by atoms with Crippen molar-refractivity contribution in [2.24, 2.45) is 0 Å². The van der Waals surface area contributed by atoms with Crippen LogP contribution < -0.4 is 5.32 Å². The van der Waals surface area contributed by atoms with Crippen LogP contribution in [-0.2, 0) is 0 Å². The van der Waals surface area contributed by atoms with Gasteiger partial charge in [-0.15, -0.1) is 0 Å². The van der Waals surface area contributed by atoms with Crippen molar-refractivity contribution >= 4 is 21.9 Å². The molecule has 1 aromatic rings. The summed E-state index contributed by atoms with van der Waals surface area (Å²) in [5.74, 6) is 0.710. The molecule has 1 aliphatic carbocycles. The maximum absolute atomic E-state index is 4.24. The van der Waals surface area contributed by atoms with E-state index in [4.69, 9.17) is 0 Å². The van der Waals surface area contributed by atoms with Crippen molar-refractivity contribution in [1.29, 1.82) is 0 Å². The van der Waals surface area contributed by atoms with Gasteiger partial charge in [-0.1, -0.05) is 12.8 Å². The molecule has 4 nitrogen and oxygen atoms in total. The molecule has 1 saturated carbocycles. The normalized spacial score (nSPS) is 18.6. The van der Waals surface area contributed by atoms with Crippen molar-refractivity contribution in [3.8, 4) is 0 Å². The van der Waals surface area contributed by atoms with E-state index < -0.39 is 0 Å². The summed E-state index contributed by atoms with van der Waals surface area (Å²) in [7, 11) is 4.32. The Bertz CT molecular complexity index is 357. The van der Waals surface area contributed by atoms with Crippen LogP contribution in [0.3, 0.4) is 0 Å². The molecule has 94 valence electrons. The molecule has 5 heteroatoms. The van der Waals surface area contributed by atoms with Crippen LogP contribution in [-0.4, -0.2) is 41.0 Å². The highest BCUT2D eigenvalue weighted by Gasteiger charge is 2.35. The van der Waals surface area contributed by atoms with Gasteiger partial charge in [0.1, 0.15) is 0 Å². The van der Waals surface area contributed by atoms with Gasteiger partial charge in [0.15, 0.2) is 0 Å². The molecule has 0 aliphatic heterocycles. The molecule has 0 amide bonds. The molecule has 0 spiro atoms. The van der Waals surface area contributed by atoms with E-state index in [0.717, 1.165) is 11.0 Å². The second kappa shape index (κ2) is 5.31. The van der Waals surface area contributed by atoms with Gasteiger partial charge in [-0.25, -0.2) is 9.97 Å². The van der Waals surface area contributed by atoms with Gasteiger partial charge in [-0.05, 0) is 42.9 Å². The molecule has 0 aromatic carbocycles. The van der Waals surface area contributed by atoms with E-state index in [1.165, 1.54) is 25.7 Å². The molecule has 1 heterocycles. The highest BCUT2D eigenvalue weighted by molar-refractivity contribution is 9.10. The fourth-order valence-electron chi connectivity index (χ4n) is 2.46. The first-order valence-corrected chi connectivity index (χ1v) is 6.81. The van der Waals surface area contributed by atoms with Crippen LogP contribution in [0.2, 0.25) is 0 Å². The third-order valence-electron chi connectivity index (χ3n) is 3.68. The van der Waals surface area contributed by atoms with E-state index >= 15 is 0 Å². The first-order chi connectivity index (χ1) is 8.12. The maximum atomic E-state index is 4.24. The topological polar surface area (TPSA) is 41.0 Å². The Kier molecular flexibility index (Phi) is 3.99. The van der Waals surface area contributed by atoms with Gasteiger partial charge in [0.25, 0.3) is 0 Å². The Morgan fingerprint density at radius 1 is 1.29 bits per heavy atom. The van der Waals surface area contributed by atoms with Crippen molar-refractivity contribution in [1.82, 2.24) is 14.9 Å². The summed E-state index contributed by atoms with van der Waals surface area (Å²) < 4.78 is 0.909. The van der Waals surface area contributed by atoms with Crippen LogP contribution >= 0.6 is 15.9 Å². The fraction of sp³-hybridized carbons (Fsp3) is 0.667. The van der Waals surface area contributed by atoms with Crippen molar-refractivity contribution < 1.29 is 0 Å². The number of anilines is 1. The summed E-state index contributed by atoms with van der Waals surface area (Å²) in [6.45, 7) is 0.918. The van der Waals surface area contributed by atoms with Gasteiger partial charge < -0.3 is 10.2 Å². The molecular weight excluding hydrogens is 280 g/mol. The summed E-state index contributed by atoms with van der Waals surface area (Å²) in [5, 5.41) is 3.35. The third-order valence-corrected chi connectivity index (χ3v) is 4.09. The number of nitrogens with one attached hydrogen (secondary N) is 1. The van der Waals surface area contributed by atoms with E-state index in [1.807, 2.05) is 0 Å². The molecule has 1 aromatic heterocycles. The molecule has 1 fully saturated rings. The number of hydrogen-bond acceptors (Lipinski definition) is 4. The average Bonchev–Trinajstić information content (AvgIpc) is 2.78. The van der Waals surface area contributed by atoms with E-state index in [2.05, 4.69) is 50.2 Å². The fourth-order valence-corrected chi connectivity index (χ4v) is 2.67. The van der Waals surface area contributed by atoms with Gasteiger partial charge in [0.2, 0.25) is 5.95 Å². The largest absolute Gasteiger partial charge is 0.352 e. The molecule has 0 radical (unpaired) electrons. The van der Waals surface area contributed by atoms with Crippen LogP contribution in [0.5, 0.6) is 0 Å². The highest BCUT2D eigenvalue weighted by atomic mass is 79.9. The summed E-state index contributed by atoms with van der Waals surface area (Å²) in [6, 6.07) is 0. The van der Waals surface area contributed by atoms with Gasteiger partial charge >= 0.3 is 0 Å². The molecule has 0 bridgehead atoms. The molecule has 1 aliphatic rings. The lowest BCUT2D eigenvalue weighted by molar-refractivity contribution is 0.172. The number of hydrogen-bond donors (Lipinski definition) is 1. The van der Waals surface area contributed by atoms with Crippen LogP contribution in [0.1, 0.15) is 25.7 Å². The van der Waals surface area contributed by atoms with Crippen LogP contribution in [0.25, 0.3) is 0 Å². The summed E-state index contributed by atoms with van der Waals surface area (Å²) in [6.07, 6.45) is 8.69. The molecular formula is C12H19BrN4. The van der Waals surface area contributed by atoms with Gasteiger partial charge in [0, 0.05) is 24.5 Å². The van der Waals surface area contributed by atoms with E-state index in [9.17, 15) is 0 Å². The minimum absolute atomic E-state index is 0.274. The van der Waals surface area contributed by atoms with E-state index in [-0.39, 0.29) is 5.54 Å². The third kappa shape index (κ3) is 2.96. The summed E-state index contributed by atoms with van der Waals surface area (Å²) in [4.78, 5) is 10.8. The Morgan fingerprint density at radius 2 is 1.88 bits per heavy atom. The summed E-state index contributed by atoms with van der Waals surface area (Å²) in [5.41, 5.74) is 0.274. The number of halogens is 1. The number of nitrogens with zero attached hydrogens (tertiary/aromatic N) is 3. The zero-order valence-corrected chi connectivity index (χ0v) is 12.0. The molecule has 0 saturated heterocycles. The van der Waals surface area contributed by atoms with Gasteiger partial charge in [0.05, 0.1) is 4.47 Å². The molecule has 2 rings (SSSR count). The van der Waals surface area contributed by atoms with Crippen LogP contribution in [0.4, 0.5) is 5.95 Å². The average molecular weight is 299 g/mol. The Morgan fingerprint density at radius 3 is 2.41 bits per heavy atom. The van der Waals surface area contributed by atoms with E-state index in [1.54, 1.807) is 12.4 Å². The molecule has 0 atom stereocenters. The zero-order chi connectivity index (χ0) is 12.3. The highest BCUT2D eigenvalue weighted by Crippen LogP contribution is 2.33. The van der Waals surface area contributed by atoms with Crippen molar-refractivity contribution in [2.45, 2.75) is 31.2 Å². The van der Waals surface area contributed by atoms with Crippen LogP contribution in [0.15, 0.2) is 16.9 Å². The minimum Gasteiger partial charge on any atom is -0.352 e. The standard InChI is InChI=1S/C12H19BrN4/c1-17(2)12(5-3-4-6-12)9-16-11-14-7-10(13)8-15-11/h7-8H,3-6,9H2,1-2H3,(H,14,15,16). The van der Waals surface area contributed by atoms with Crippen molar-refractivity contribution in [3.63, 3.8) is 0 Å². The number of rotatable bonds is 4. The first kappa shape index (κ1) is 12.8. The Balaban J connectivity index is 1.98. The second-order valence-corrected chi connectivity index (χ2v) is 5.82. The number of likely N-dealkylation sites (N-methyl/N-ethyl adjacent to an activating group) is 1.